The van der Waals surface area contributed by atoms with E-state index in [0.29, 0.717) is 12.2 Å². The van der Waals surface area contributed by atoms with Crippen LogP contribution in [0.5, 0.6) is 11.5 Å². The van der Waals surface area contributed by atoms with Crippen molar-refractivity contribution in [2.24, 2.45) is 17.4 Å². The number of phenolic OH excluding ortho intramolecular Hbond substituents is 2. The minimum absolute atomic E-state index is 0.0586. The number of phenols is 2. The van der Waals surface area contributed by atoms with Crippen molar-refractivity contribution in [3.05, 3.63) is 46.8 Å². The summed E-state index contributed by atoms with van der Waals surface area (Å²) in [4.78, 5) is 38.4. The number of Topliss-reactive ketones (excluding diaryl/α,β-unsaturated/α-hetero) is 2. The van der Waals surface area contributed by atoms with Crippen LogP contribution in [0.3, 0.4) is 0 Å². The van der Waals surface area contributed by atoms with E-state index in [9.17, 15) is 14.4 Å². The molecule has 11 nitrogen and oxygen atoms in total. The molecule has 3 heterocycles. The minimum atomic E-state index is -0.957. The van der Waals surface area contributed by atoms with Crippen LogP contribution in [0.15, 0.2) is 46.8 Å². The molecule has 32 heavy (non-hydrogen) atoms. The fraction of sp³-hybridized carbons (Fsp3) is 0.381. The van der Waals surface area contributed by atoms with Gasteiger partial charge in [0.1, 0.15) is 18.1 Å². The fourth-order valence-electron chi connectivity index (χ4n) is 4.76. The molecule has 0 aromatic heterocycles. The van der Waals surface area contributed by atoms with Crippen molar-refractivity contribution in [1.82, 2.24) is 10.2 Å². The predicted molar refractivity (Wildman–Crippen MR) is 110 cm³/mol. The summed E-state index contributed by atoms with van der Waals surface area (Å²) in [6.45, 7) is 1.92. The van der Waals surface area contributed by atoms with Crippen molar-refractivity contribution in [2.45, 2.75) is 24.7 Å². The second-order valence-corrected chi connectivity index (χ2v) is 7.98. The van der Waals surface area contributed by atoms with Crippen molar-refractivity contribution in [3.63, 3.8) is 0 Å². The van der Waals surface area contributed by atoms with Gasteiger partial charge in [0, 0.05) is 30.8 Å². The first-order valence-corrected chi connectivity index (χ1v) is 9.92. The Labute approximate surface area is 183 Å². The van der Waals surface area contributed by atoms with E-state index >= 15 is 0 Å². The molecule has 1 aromatic carbocycles. The summed E-state index contributed by atoms with van der Waals surface area (Å²) in [5.41, 5.74) is 10.7. The number of carbonyl (C=O) groups excluding carboxylic acids is 3. The predicted octanol–water partition coefficient (Wildman–Crippen LogP) is -0.553. The number of fused-ring (bicyclic) bond motifs is 4. The second-order valence-electron chi connectivity index (χ2n) is 7.98. The molecule has 3 aliphatic heterocycles. The Hall–Kier alpha value is -3.57. The molecule has 1 amide bonds. The number of carbonyl (C=O) groups is 3. The molecule has 0 radical (unpaired) electrons. The Bertz CT molecular complexity index is 1040. The lowest BCUT2D eigenvalue weighted by Gasteiger charge is -2.39. The summed E-state index contributed by atoms with van der Waals surface area (Å²) in [7, 11) is 1.52. The van der Waals surface area contributed by atoms with Crippen molar-refractivity contribution >= 4 is 17.7 Å². The smallest absolute Gasteiger partial charge is 0.404 e. The monoisotopic (exact) mass is 444 g/mol. The number of rotatable bonds is 3. The van der Waals surface area contributed by atoms with E-state index in [1.807, 2.05) is 4.90 Å². The molecule has 11 heteroatoms. The number of nitrogens with two attached hydrogens (primary N) is 2. The first-order chi connectivity index (χ1) is 15.1. The van der Waals surface area contributed by atoms with Crippen molar-refractivity contribution in [2.75, 3.05) is 20.3 Å². The number of allylic oxidation sites excluding steroid dienone is 2. The number of hydrogen-bond acceptors (Lipinski definition) is 10. The number of methoxy groups -OCH3 is 1. The van der Waals surface area contributed by atoms with Crippen LogP contribution in [0.25, 0.3) is 0 Å². The third-order valence-corrected chi connectivity index (χ3v) is 6.32. The standard InChI is InChI=1S/C15H18N4O5.C6H6O2/c1-5-9(16)12(21)8-6(4-24-14(17)22)15(23-2)13-7(18-13)3-19(15)10(8)11(5)20;7-5-1-2-6(8)4-3-5/h6-7,13,18H,3-4,16H2,1-2H3,(H2,17,22);1-4,7-8H/t6-,7+,13+,15-;/m1./s1. The van der Waals surface area contributed by atoms with Gasteiger partial charge in [-0.2, -0.15) is 0 Å². The third kappa shape index (κ3) is 3.09. The van der Waals surface area contributed by atoms with Gasteiger partial charge in [-0.3, -0.25) is 9.59 Å². The van der Waals surface area contributed by atoms with Crippen LogP contribution in [0.4, 0.5) is 4.79 Å². The van der Waals surface area contributed by atoms with E-state index < -0.39 is 23.5 Å². The number of benzene rings is 1. The molecule has 2 fully saturated rings. The molecule has 4 aliphatic rings. The molecular formula is C21H24N4O7. The first-order valence-electron chi connectivity index (χ1n) is 9.92. The lowest BCUT2D eigenvalue weighted by atomic mass is 9.82. The number of primary amides is 1. The summed E-state index contributed by atoms with van der Waals surface area (Å²) in [5, 5.41) is 20.6. The Morgan fingerprint density at radius 1 is 1.22 bits per heavy atom. The minimum Gasteiger partial charge on any atom is -0.508 e. The highest BCUT2D eigenvalue weighted by molar-refractivity contribution is 6.25. The molecule has 4 atom stereocenters. The van der Waals surface area contributed by atoms with Gasteiger partial charge in [0.05, 0.1) is 23.4 Å². The number of ketones is 2. The lowest BCUT2D eigenvalue weighted by Crippen LogP contribution is -2.55. The molecule has 0 bridgehead atoms. The van der Waals surface area contributed by atoms with Gasteiger partial charge in [-0.05, 0) is 31.2 Å². The maximum atomic E-state index is 12.8. The molecule has 5 rings (SSSR count). The van der Waals surface area contributed by atoms with Gasteiger partial charge in [-0.25, -0.2) is 4.79 Å². The molecule has 0 unspecified atom stereocenters. The van der Waals surface area contributed by atoms with Gasteiger partial charge >= 0.3 is 6.09 Å². The zero-order chi connectivity index (χ0) is 23.4. The first kappa shape index (κ1) is 21.7. The SMILES string of the molecule is CO[C@@]12[C@H](COC(N)=O)C3=C(C(=O)C(C)=C(N)C3=O)N1C[C@@H]1N[C@@H]12.Oc1ccc(O)cc1. The van der Waals surface area contributed by atoms with Gasteiger partial charge in [0.25, 0.3) is 0 Å². The van der Waals surface area contributed by atoms with Crippen LogP contribution in [0, 0.1) is 5.92 Å². The van der Waals surface area contributed by atoms with Gasteiger partial charge in [0.2, 0.25) is 11.6 Å². The third-order valence-electron chi connectivity index (χ3n) is 6.32. The second kappa shape index (κ2) is 7.53. The number of nitrogens with zero attached hydrogens (tertiary/aromatic N) is 1. The normalized spacial score (nSPS) is 29.8. The Morgan fingerprint density at radius 3 is 2.34 bits per heavy atom. The van der Waals surface area contributed by atoms with Crippen LogP contribution in [-0.4, -0.2) is 70.8 Å². The average Bonchev–Trinajstić information content (AvgIpc) is 3.38. The summed E-state index contributed by atoms with van der Waals surface area (Å²) in [5.74, 6) is -1.00. The molecule has 2 saturated heterocycles. The maximum Gasteiger partial charge on any atom is 0.404 e. The highest BCUT2D eigenvalue weighted by atomic mass is 16.6. The zero-order valence-electron chi connectivity index (χ0n) is 17.5. The lowest BCUT2D eigenvalue weighted by molar-refractivity contribution is -0.137. The number of ether oxygens (including phenoxy) is 2. The van der Waals surface area contributed by atoms with Gasteiger partial charge < -0.3 is 41.4 Å². The van der Waals surface area contributed by atoms with E-state index in [1.54, 1.807) is 0 Å². The largest absolute Gasteiger partial charge is 0.508 e. The Kier molecular flexibility index (Phi) is 5.10. The number of amides is 1. The Morgan fingerprint density at radius 2 is 1.81 bits per heavy atom. The molecule has 0 saturated carbocycles. The topological polar surface area (TPSA) is 187 Å². The Balaban J connectivity index is 0.000000260. The number of aromatic hydroxyl groups is 2. The zero-order valence-corrected chi connectivity index (χ0v) is 17.5. The molecule has 170 valence electrons. The average molecular weight is 444 g/mol. The fourth-order valence-corrected chi connectivity index (χ4v) is 4.76. The van der Waals surface area contributed by atoms with Crippen LogP contribution >= 0.6 is 0 Å². The summed E-state index contributed by atoms with van der Waals surface area (Å²) in [6.07, 6.45) is -0.950. The molecule has 0 spiro atoms. The van der Waals surface area contributed by atoms with Crippen LogP contribution < -0.4 is 16.8 Å². The number of piperazine rings is 1. The molecular weight excluding hydrogens is 420 g/mol. The summed E-state index contributed by atoms with van der Waals surface area (Å²) >= 11 is 0. The maximum absolute atomic E-state index is 12.8. The van der Waals surface area contributed by atoms with E-state index in [4.69, 9.17) is 31.2 Å². The van der Waals surface area contributed by atoms with E-state index in [-0.39, 0.29) is 52.8 Å². The molecule has 7 N–H and O–H groups in total. The van der Waals surface area contributed by atoms with Crippen molar-refractivity contribution in [1.29, 1.82) is 0 Å². The summed E-state index contributed by atoms with van der Waals surface area (Å²) < 4.78 is 10.8. The van der Waals surface area contributed by atoms with E-state index in [2.05, 4.69) is 5.32 Å². The van der Waals surface area contributed by atoms with Crippen LogP contribution in [-0.2, 0) is 19.1 Å². The van der Waals surface area contributed by atoms with Crippen molar-refractivity contribution in [3.8, 4) is 11.5 Å². The van der Waals surface area contributed by atoms with Crippen molar-refractivity contribution < 1.29 is 34.1 Å². The highest BCUT2D eigenvalue weighted by Gasteiger charge is 2.72. The van der Waals surface area contributed by atoms with Gasteiger partial charge in [-0.1, -0.05) is 0 Å². The van der Waals surface area contributed by atoms with E-state index in [1.165, 1.54) is 38.3 Å². The number of nitrogens with one attached hydrogen (secondary N) is 1. The number of hydrogen-bond donors (Lipinski definition) is 5. The van der Waals surface area contributed by atoms with Gasteiger partial charge in [0.15, 0.2) is 5.72 Å². The molecule has 1 aromatic rings. The van der Waals surface area contributed by atoms with Crippen LogP contribution in [0.2, 0.25) is 0 Å². The van der Waals surface area contributed by atoms with Gasteiger partial charge in [-0.15, -0.1) is 0 Å². The van der Waals surface area contributed by atoms with E-state index in [0.717, 1.165) is 0 Å². The van der Waals surface area contributed by atoms with Crippen LogP contribution in [0.1, 0.15) is 6.92 Å². The summed E-state index contributed by atoms with van der Waals surface area (Å²) in [6, 6.07) is 5.81. The highest BCUT2D eigenvalue weighted by Crippen LogP contribution is 2.55. The quantitative estimate of drug-likeness (QED) is 0.230. The molecule has 1 aliphatic carbocycles.